The zero-order chi connectivity index (χ0) is 19.5. The van der Waals surface area contributed by atoms with Crippen molar-refractivity contribution >= 4 is 28.1 Å². The molecule has 0 bridgehead atoms. The Kier molecular flexibility index (Phi) is 5.27. The van der Waals surface area contributed by atoms with Gasteiger partial charge in [-0.3, -0.25) is 4.79 Å². The zero-order valence-corrected chi connectivity index (χ0v) is 16.3. The number of phenols is 1. The van der Waals surface area contributed by atoms with E-state index in [1.807, 2.05) is 24.3 Å². The first kappa shape index (κ1) is 18.5. The Hall–Kier alpha value is -2.90. The topological polar surface area (TPSA) is 74.7 Å². The first-order valence-electron chi connectivity index (χ1n) is 9.10. The van der Waals surface area contributed by atoms with Crippen LogP contribution in [0, 0.1) is 6.92 Å². The lowest BCUT2D eigenvalue weighted by Gasteiger charge is -2.26. The van der Waals surface area contributed by atoms with Gasteiger partial charge >= 0.3 is 0 Å². The fourth-order valence-electron chi connectivity index (χ4n) is 3.02. The van der Waals surface area contributed by atoms with Crippen molar-refractivity contribution in [3.8, 4) is 17.0 Å². The summed E-state index contributed by atoms with van der Waals surface area (Å²) < 4.78 is 5.39. The number of thiazole rings is 1. The van der Waals surface area contributed by atoms with Crippen LogP contribution in [0.3, 0.4) is 0 Å². The van der Waals surface area contributed by atoms with Gasteiger partial charge in [0.25, 0.3) is 5.91 Å². The number of carbonyl (C=O) groups excluding carboxylic acids is 1. The highest BCUT2D eigenvalue weighted by Gasteiger charge is 2.15. The van der Waals surface area contributed by atoms with Gasteiger partial charge in [-0.2, -0.15) is 0 Å². The van der Waals surface area contributed by atoms with Crippen molar-refractivity contribution in [3.05, 3.63) is 59.0 Å². The Morgan fingerprint density at radius 1 is 1.18 bits per heavy atom. The Bertz CT molecular complexity index is 979. The molecule has 2 N–H and O–H groups in total. The smallest absolute Gasteiger partial charge is 0.255 e. The number of morpholine rings is 1. The van der Waals surface area contributed by atoms with Crippen LogP contribution in [0.25, 0.3) is 11.3 Å². The molecular formula is C21H21N3O3S. The van der Waals surface area contributed by atoms with E-state index in [0.717, 1.165) is 42.7 Å². The molecule has 1 aliphatic heterocycles. The molecule has 7 heteroatoms. The van der Waals surface area contributed by atoms with Gasteiger partial charge in [0, 0.05) is 35.3 Å². The molecule has 0 radical (unpaired) electrons. The van der Waals surface area contributed by atoms with E-state index in [2.05, 4.69) is 15.6 Å². The molecule has 2 heterocycles. The predicted molar refractivity (Wildman–Crippen MR) is 111 cm³/mol. The van der Waals surface area contributed by atoms with E-state index < -0.39 is 0 Å². The van der Waals surface area contributed by atoms with E-state index in [1.54, 1.807) is 30.4 Å². The molecule has 2 aromatic carbocycles. The fraction of sp³-hybridized carbons (Fsp3) is 0.238. The van der Waals surface area contributed by atoms with E-state index >= 15 is 0 Å². The maximum absolute atomic E-state index is 12.4. The van der Waals surface area contributed by atoms with Gasteiger partial charge in [-0.1, -0.05) is 12.1 Å². The minimum Gasteiger partial charge on any atom is -0.508 e. The quantitative estimate of drug-likeness (QED) is 0.701. The summed E-state index contributed by atoms with van der Waals surface area (Å²) in [6.45, 7) is 4.98. The molecule has 1 fully saturated rings. The Morgan fingerprint density at radius 3 is 2.64 bits per heavy atom. The summed E-state index contributed by atoms with van der Waals surface area (Å²) in [5.41, 5.74) is 3.83. The minimum absolute atomic E-state index is 0.181. The average molecular weight is 395 g/mol. The van der Waals surface area contributed by atoms with Gasteiger partial charge < -0.3 is 20.1 Å². The highest BCUT2D eigenvalue weighted by Crippen LogP contribution is 2.29. The summed E-state index contributed by atoms with van der Waals surface area (Å²) in [6.07, 6.45) is 0. The molecular weight excluding hydrogens is 374 g/mol. The number of amides is 1. The number of rotatable bonds is 4. The summed E-state index contributed by atoms with van der Waals surface area (Å²) in [5.74, 6) is -0.0280. The maximum Gasteiger partial charge on any atom is 0.255 e. The molecule has 0 spiro atoms. The molecule has 1 aliphatic rings. The van der Waals surface area contributed by atoms with E-state index in [4.69, 9.17) is 9.72 Å². The third-order valence-corrected chi connectivity index (χ3v) is 5.57. The number of aryl methyl sites for hydroxylation is 1. The second-order valence-electron chi connectivity index (χ2n) is 6.65. The molecule has 1 aromatic heterocycles. The van der Waals surface area contributed by atoms with Gasteiger partial charge in [-0.15, -0.1) is 11.3 Å². The molecule has 0 unspecified atom stereocenters. The van der Waals surface area contributed by atoms with Crippen molar-refractivity contribution in [2.24, 2.45) is 0 Å². The number of benzene rings is 2. The van der Waals surface area contributed by atoms with Gasteiger partial charge in [-0.25, -0.2) is 4.98 Å². The summed E-state index contributed by atoms with van der Waals surface area (Å²) in [7, 11) is 0. The van der Waals surface area contributed by atoms with Crippen LogP contribution in [0.4, 0.5) is 10.8 Å². The number of nitrogens with one attached hydrogen (secondary N) is 1. The third kappa shape index (κ3) is 4.00. The van der Waals surface area contributed by atoms with Gasteiger partial charge in [0.05, 0.1) is 18.9 Å². The number of ether oxygens (including phenoxy) is 1. The molecule has 0 atom stereocenters. The molecule has 28 heavy (non-hydrogen) atoms. The Morgan fingerprint density at radius 2 is 1.93 bits per heavy atom. The highest BCUT2D eigenvalue weighted by molar-refractivity contribution is 7.14. The molecule has 0 aliphatic carbocycles. The second-order valence-corrected chi connectivity index (χ2v) is 7.48. The second kappa shape index (κ2) is 8.00. The van der Waals surface area contributed by atoms with Gasteiger partial charge in [0.1, 0.15) is 5.75 Å². The van der Waals surface area contributed by atoms with Crippen LogP contribution in [0.15, 0.2) is 47.8 Å². The summed E-state index contributed by atoms with van der Waals surface area (Å²) in [4.78, 5) is 19.4. The molecule has 144 valence electrons. The summed E-state index contributed by atoms with van der Waals surface area (Å²) in [5, 5.41) is 15.5. The van der Waals surface area contributed by atoms with Crippen molar-refractivity contribution in [1.29, 1.82) is 0 Å². The molecule has 1 amide bonds. The van der Waals surface area contributed by atoms with Gasteiger partial charge in [-0.05, 0) is 42.8 Å². The van der Waals surface area contributed by atoms with Crippen molar-refractivity contribution in [2.45, 2.75) is 6.92 Å². The molecule has 0 saturated carbocycles. The number of nitrogens with zero attached hydrogens (tertiary/aromatic N) is 2. The number of anilines is 2. The lowest BCUT2D eigenvalue weighted by atomic mass is 10.1. The largest absolute Gasteiger partial charge is 0.508 e. The first-order valence-corrected chi connectivity index (χ1v) is 9.98. The lowest BCUT2D eigenvalue weighted by Crippen LogP contribution is -2.36. The van der Waals surface area contributed by atoms with Gasteiger partial charge in [0.2, 0.25) is 0 Å². The fourth-order valence-corrected chi connectivity index (χ4v) is 3.91. The molecule has 1 saturated heterocycles. The van der Waals surface area contributed by atoms with E-state index in [1.165, 1.54) is 6.07 Å². The van der Waals surface area contributed by atoms with Gasteiger partial charge in [0.15, 0.2) is 5.13 Å². The minimum atomic E-state index is -0.209. The Labute approximate surface area is 167 Å². The van der Waals surface area contributed by atoms with Crippen molar-refractivity contribution < 1.29 is 14.6 Å². The maximum atomic E-state index is 12.4. The normalized spacial score (nSPS) is 14.1. The number of hydrogen-bond donors (Lipinski definition) is 2. The monoisotopic (exact) mass is 395 g/mol. The van der Waals surface area contributed by atoms with E-state index in [9.17, 15) is 9.90 Å². The average Bonchev–Trinajstić information content (AvgIpc) is 3.21. The first-order chi connectivity index (χ1) is 13.6. The van der Waals surface area contributed by atoms with Crippen molar-refractivity contribution in [1.82, 2.24) is 4.98 Å². The van der Waals surface area contributed by atoms with Crippen LogP contribution in [0.1, 0.15) is 15.9 Å². The van der Waals surface area contributed by atoms with Crippen LogP contribution in [-0.4, -0.2) is 42.3 Å². The van der Waals surface area contributed by atoms with Crippen LogP contribution in [0.5, 0.6) is 5.75 Å². The standard InChI is InChI=1S/C21H21N3O3S/c1-14-12-16(4-7-19(14)25)20(26)22-17-5-2-15(3-6-17)18-13-28-21(23-18)24-8-10-27-11-9-24/h2-7,12-13,25H,8-11H2,1H3,(H,22,26). The van der Waals surface area contributed by atoms with Crippen molar-refractivity contribution in [3.63, 3.8) is 0 Å². The van der Waals surface area contributed by atoms with Crippen LogP contribution in [-0.2, 0) is 4.74 Å². The summed E-state index contributed by atoms with van der Waals surface area (Å²) >= 11 is 1.63. The van der Waals surface area contributed by atoms with Crippen LogP contribution >= 0.6 is 11.3 Å². The number of phenolic OH excluding ortho intramolecular Hbond substituents is 1. The highest BCUT2D eigenvalue weighted by atomic mass is 32.1. The lowest BCUT2D eigenvalue weighted by molar-refractivity contribution is 0.102. The Balaban J connectivity index is 1.44. The number of aromatic nitrogens is 1. The number of aromatic hydroxyl groups is 1. The SMILES string of the molecule is Cc1cc(C(=O)Nc2ccc(-c3csc(N4CCOCC4)n3)cc2)ccc1O. The number of carbonyl (C=O) groups is 1. The van der Waals surface area contributed by atoms with Crippen molar-refractivity contribution in [2.75, 3.05) is 36.5 Å². The molecule has 4 rings (SSSR count). The van der Waals surface area contributed by atoms with Crippen LogP contribution < -0.4 is 10.2 Å². The third-order valence-electron chi connectivity index (χ3n) is 4.67. The van der Waals surface area contributed by atoms with E-state index in [-0.39, 0.29) is 11.7 Å². The summed E-state index contributed by atoms with van der Waals surface area (Å²) in [6, 6.07) is 12.5. The van der Waals surface area contributed by atoms with E-state index in [0.29, 0.717) is 16.8 Å². The molecule has 6 nitrogen and oxygen atoms in total. The van der Waals surface area contributed by atoms with Crippen LogP contribution in [0.2, 0.25) is 0 Å². The predicted octanol–water partition coefficient (Wildman–Crippen LogP) is 3.91. The zero-order valence-electron chi connectivity index (χ0n) is 15.5. The number of hydrogen-bond acceptors (Lipinski definition) is 6. The molecule has 3 aromatic rings.